The summed E-state index contributed by atoms with van der Waals surface area (Å²) < 4.78 is 4.97. The lowest BCUT2D eigenvalue weighted by Gasteiger charge is -2.57. The average Bonchev–Trinajstić information content (AvgIpc) is 2.90. The second-order valence-electron chi connectivity index (χ2n) is 11.0. The molecule has 0 radical (unpaired) electrons. The molecule has 3 aliphatic heterocycles. The number of ether oxygens (including phenoxy) is 1. The Hall–Kier alpha value is -2.43. The van der Waals surface area contributed by atoms with Crippen molar-refractivity contribution in [3.63, 3.8) is 0 Å². The minimum Gasteiger partial charge on any atom is -0.469 e. The van der Waals surface area contributed by atoms with Crippen LogP contribution in [0, 0.1) is 11.8 Å². The first-order valence-corrected chi connectivity index (χ1v) is 13.7. The molecule has 0 spiro atoms. The normalized spacial score (nSPS) is 27.1. The first kappa shape index (κ1) is 23.0. The molecule has 3 aromatic rings. The van der Waals surface area contributed by atoms with E-state index in [1.807, 2.05) is 0 Å². The summed E-state index contributed by atoms with van der Waals surface area (Å²) >= 11 is 0. The molecule has 0 unspecified atom stereocenters. The van der Waals surface area contributed by atoms with Gasteiger partial charge in [0.1, 0.15) is 0 Å². The Morgan fingerprint density at radius 2 is 1.66 bits per heavy atom. The van der Waals surface area contributed by atoms with E-state index in [0.717, 1.165) is 31.3 Å². The molecule has 0 aliphatic carbocycles. The molecule has 35 heavy (non-hydrogen) atoms. The third kappa shape index (κ3) is 4.36. The highest BCUT2D eigenvalue weighted by atomic mass is 16.5. The van der Waals surface area contributed by atoms with Crippen LogP contribution in [-0.2, 0) is 16.1 Å². The number of esters is 1. The number of nitrogens with zero attached hydrogens (tertiary/aromatic N) is 2. The molecule has 4 atom stereocenters. The number of hydrogen-bond acceptors (Lipinski definition) is 4. The summed E-state index contributed by atoms with van der Waals surface area (Å²) in [5.74, 6) is 1.40. The fourth-order valence-corrected chi connectivity index (χ4v) is 7.70. The predicted molar refractivity (Wildman–Crippen MR) is 142 cm³/mol. The molecule has 0 saturated carbocycles. The van der Waals surface area contributed by atoms with Gasteiger partial charge in [-0.2, -0.15) is 0 Å². The lowest BCUT2D eigenvalue weighted by atomic mass is 9.69. The van der Waals surface area contributed by atoms with Crippen molar-refractivity contribution >= 4 is 27.5 Å². The summed E-state index contributed by atoms with van der Waals surface area (Å²) in [6.07, 6.45) is 7.87. The van der Waals surface area contributed by atoms with E-state index in [4.69, 9.17) is 4.74 Å². The van der Waals surface area contributed by atoms with Gasteiger partial charge in [-0.1, -0.05) is 48.5 Å². The van der Waals surface area contributed by atoms with E-state index in [1.54, 1.807) is 0 Å². The van der Waals surface area contributed by atoms with E-state index in [9.17, 15) is 4.79 Å². The van der Waals surface area contributed by atoms with Crippen LogP contribution in [0.5, 0.6) is 0 Å². The fourth-order valence-electron chi connectivity index (χ4n) is 7.70. The second-order valence-corrected chi connectivity index (χ2v) is 11.0. The molecule has 3 fully saturated rings. The van der Waals surface area contributed by atoms with Crippen LogP contribution in [0.15, 0.2) is 54.6 Å². The van der Waals surface area contributed by atoms with Crippen LogP contribution in [0.3, 0.4) is 0 Å². The SMILES string of the molecule is COC(=O)CCC[C@@H]1[C@H]2CCCN3CCC[C@H](CN1Cc1c4ccccc4cc4ccccc14)[C@@H]23. The van der Waals surface area contributed by atoms with Gasteiger partial charge in [0.2, 0.25) is 0 Å². The van der Waals surface area contributed by atoms with E-state index in [1.165, 1.54) is 79.5 Å². The van der Waals surface area contributed by atoms with Gasteiger partial charge in [0.25, 0.3) is 0 Å². The van der Waals surface area contributed by atoms with Gasteiger partial charge in [-0.3, -0.25) is 14.6 Å². The van der Waals surface area contributed by atoms with Crippen LogP contribution < -0.4 is 0 Å². The largest absolute Gasteiger partial charge is 0.469 e. The Labute approximate surface area is 209 Å². The van der Waals surface area contributed by atoms with Gasteiger partial charge in [-0.15, -0.1) is 0 Å². The highest BCUT2D eigenvalue weighted by Gasteiger charge is 2.48. The van der Waals surface area contributed by atoms with Gasteiger partial charge in [-0.25, -0.2) is 0 Å². The number of likely N-dealkylation sites (tertiary alicyclic amines) is 1. The van der Waals surface area contributed by atoms with Crippen molar-refractivity contribution in [3.8, 4) is 0 Å². The van der Waals surface area contributed by atoms with Crippen LogP contribution in [0.25, 0.3) is 21.5 Å². The lowest BCUT2D eigenvalue weighted by molar-refractivity contribution is -0.141. The Kier molecular flexibility index (Phi) is 6.51. The third-order valence-electron chi connectivity index (χ3n) is 9.13. The molecule has 6 rings (SSSR count). The smallest absolute Gasteiger partial charge is 0.305 e. The van der Waals surface area contributed by atoms with Crippen molar-refractivity contribution in [2.45, 2.75) is 63.6 Å². The maximum absolute atomic E-state index is 11.9. The number of methoxy groups -OCH3 is 1. The predicted octanol–water partition coefficient (Wildman–Crippen LogP) is 6.01. The summed E-state index contributed by atoms with van der Waals surface area (Å²) in [5.41, 5.74) is 1.47. The van der Waals surface area contributed by atoms with Gasteiger partial charge in [0, 0.05) is 31.6 Å². The Bertz CT molecular complexity index is 1150. The first-order valence-electron chi connectivity index (χ1n) is 13.7. The Balaban J connectivity index is 1.37. The maximum atomic E-state index is 11.9. The van der Waals surface area contributed by atoms with E-state index < -0.39 is 0 Å². The lowest BCUT2D eigenvalue weighted by Crippen LogP contribution is -2.64. The molecule has 4 nitrogen and oxygen atoms in total. The monoisotopic (exact) mass is 470 g/mol. The number of carbonyl (C=O) groups is 1. The third-order valence-corrected chi connectivity index (χ3v) is 9.13. The van der Waals surface area contributed by atoms with Crippen LogP contribution in [-0.4, -0.2) is 54.6 Å². The van der Waals surface area contributed by atoms with Crippen molar-refractivity contribution in [1.82, 2.24) is 9.80 Å². The number of fused-ring (bicyclic) bond motifs is 2. The molecule has 184 valence electrons. The van der Waals surface area contributed by atoms with E-state index >= 15 is 0 Å². The topological polar surface area (TPSA) is 32.8 Å². The van der Waals surface area contributed by atoms with Gasteiger partial charge in [0.15, 0.2) is 0 Å². The number of rotatable bonds is 6. The summed E-state index contributed by atoms with van der Waals surface area (Å²) in [5, 5.41) is 5.44. The highest BCUT2D eigenvalue weighted by molar-refractivity contribution is 6.02. The number of hydrogen-bond donors (Lipinski definition) is 0. The molecular formula is C31H38N2O2. The van der Waals surface area contributed by atoms with E-state index in [2.05, 4.69) is 64.4 Å². The second kappa shape index (κ2) is 9.91. The van der Waals surface area contributed by atoms with Gasteiger partial charge < -0.3 is 4.74 Å². The van der Waals surface area contributed by atoms with Gasteiger partial charge in [-0.05, 0) is 96.6 Å². The fraction of sp³-hybridized carbons (Fsp3) is 0.516. The number of piperidine rings is 3. The molecule has 3 saturated heterocycles. The maximum Gasteiger partial charge on any atom is 0.305 e. The average molecular weight is 471 g/mol. The molecule has 0 aromatic heterocycles. The zero-order chi connectivity index (χ0) is 23.8. The van der Waals surface area contributed by atoms with Crippen molar-refractivity contribution in [2.75, 3.05) is 26.7 Å². The Morgan fingerprint density at radius 3 is 2.37 bits per heavy atom. The zero-order valence-corrected chi connectivity index (χ0v) is 21.0. The minimum absolute atomic E-state index is 0.0757. The summed E-state index contributed by atoms with van der Waals surface area (Å²) in [4.78, 5) is 17.6. The quantitative estimate of drug-likeness (QED) is 0.326. The van der Waals surface area contributed by atoms with E-state index in [-0.39, 0.29) is 5.97 Å². The van der Waals surface area contributed by atoms with Crippen LogP contribution in [0.2, 0.25) is 0 Å². The van der Waals surface area contributed by atoms with Gasteiger partial charge >= 0.3 is 5.97 Å². The minimum atomic E-state index is -0.0757. The van der Waals surface area contributed by atoms with Crippen LogP contribution >= 0.6 is 0 Å². The standard InChI is InChI=1S/C31H38N2O2/c1-35-30(34)16-6-15-29-27-14-8-18-32-17-7-11-24(31(27)32)20-33(29)21-28-25-12-4-2-9-22(25)19-23-10-3-5-13-26(23)28/h2-5,9-10,12-13,19,24,27,29,31H,6-8,11,14-18,20-21H2,1H3/t24-,27-,29-,31+/m1/s1. The van der Waals surface area contributed by atoms with Crippen LogP contribution in [0.4, 0.5) is 0 Å². The zero-order valence-electron chi connectivity index (χ0n) is 21.0. The molecule has 0 bridgehead atoms. The summed E-state index contributed by atoms with van der Waals surface area (Å²) in [6.45, 7) is 4.73. The van der Waals surface area contributed by atoms with Crippen molar-refractivity contribution in [1.29, 1.82) is 0 Å². The highest BCUT2D eigenvalue weighted by Crippen LogP contribution is 2.44. The molecule has 3 heterocycles. The summed E-state index contributed by atoms with van der Waals surface area (Å²) in [7, 11) is 1.51. The van der Waals surface area contributed by atoms with Crippen LogP contribution in [0.1, 0.15) is 50.5 Å². The molecular weight excluding hydrogens is 432 g/mol. The number of carbonyl (C=O) groups excluding carboxylic acids is 1. The van der Waals surface area contributed by atoms with E-state index in [0.29, 0.717) is 18.4 Å². The van der Waals surface area contributed by atoms with Gasteiger partial charge in [0.05, 0.1) is 7.11 Å². The van der Waals surface area contributed by atoms with Crippen molar-refractivity contribution in [2.24, 2.45) is 11.8 Å². The molecule has 4 heteroatoms. The Morgan fingerprint density at radius 1 is 0.971 bits per heavy atom. The van der Waals surface area contributed by atoms with Crippen molar-refractivity contribution in [3.05, 3.63) is 60.2 Å². The summed E-state index contributed by atoms with van der Waals surface area (Å²) in [6, 6.07) is 21.4. The molecule has 3 aliphatic rings. The molecule has 0 amide bonds. The van der Waals surface area contributed by atoms with Crippen molar-refractivity contribution < 1.29 is 9.53 Å². The first-order chi connectivity index (χ1) is 17.2. The molecule has 0 N–H and O–H groups in total. The number of benzene rings is 3. The molecule has 3 aromatic carbocycles.